The molecule has 1 N–H and O–H groups in total. The Morgan fingerprint density at radius 2 is 1.56 bits per heavy atom. The highest BCUT2D eigenvalue weighted by Crippen LogP contribution is 2.26. The van der Waals surface area contributed by atoms with Gasteiger partial charge in [-0.3, -0.25) is 14.9 Å². The molecule has 0 aliphatic rings. The molecule has 174 valence electrons. The second-order valence-corrected chi connectivity index (χ2v) is 7.53. The van der Waals surface area contributed by atoms with Gasteiger partial charge in [0.05, 0.1) is 37.7 Å². The van der Waals surface area contributed by atoms with Crippen LogP contribution in [0, 0.1) is 0 Å². The van der Waals surface area contributed by atoms with Crippen molar-refractivity contribution in [3.63, 3.8) is 0 Å². The first-order valence-electron chi connectivity index (χ1n) is 10.9. The highest BCUT2D eigenvalue weighted by Gasteiger charge is 2.19. The first kappa shape index (κ1) is 22.9. The van der Waals surface area contributed by atoms with Crippen LogP contribution in [0.25, 0.3) is 16.9 Å². The van der Waals surface area contributed by atoms with Gasteiger partial charge in [0.1, 0.15) is 12.4 Å². The zero-order valence-electron chi connectivity index (χ0n) is 19.4. The van der Waals surface area contributed by atoms with Gasteiger partial charge in [-0.15, -0.1) is 0 Å². The normalized spacial score (nSPS) is 11.3. The van der Waals surface area contributed by atoms with Crippen LogP contribution < -0.4 is 19.8 Å². The summed E-state index contributed by atoms with van der Waals surface area (Å²) in [6, 6.07) is 24.5. The molecule has 7 heteroatoms. The van der Waals surface area contributed by atoms with E-state index in [1.54, 1.807) is 18.9 Å². The van der Waals surface area contributed by atoms with E-state index in [0.29, 0.717) is 41.6 Å². The van der Waals surface area contributed by atoms with E-state index in [2.05, 4.69) is 10.1 Å². The number of hydrogen-bond donors (Lipinski definition) is 1. The van der Waals surface area contributed by atoms with Gasteiger partial charge in [0, 0.05) is 11.3 Å². The number of hydrogen-bond acceptors (Lipinski definition) is 5. The molecule has 0 bridgehead atoms. The van der Waals surface area contributed by atoms with Gasteiger partial charge < -0.3 is 14.2 Å². The van der Waals surface area contributed by atoms with Crippen LogP contribution in [-0.4, -0.2) is 42.9 Å². The van der Waals surface area contributed by atoms with Crippen molar-refractivity contribution in [2.75, 3.05) is 27.4 Å². The van der Waals surface area contributed by atoms with Crippen molar-refractivity contribution in [3.8, 4) is 34.2 Å². The van der Waals surface area contributed by atoms with Gasteiger partial charge in [0.2, 0.25) is 0 Å². The lowest BCUT2D eigenvalue weighted by Crippen LogP contribution is -2.20. The summed E-state index contributed by atoms with van der Waals surface area (Å²) in [6.07, 6.45) is 0. The van der Waals surface area contributed by atoms with Crippen molar-refractivity contribution < 1.29 is 14.2 Å². The summed E-state index contributed by atoms with van der Waals surface area (Å²) in [5, 5.41) is 3.27. The lowest BCUT2D eigenvalue weighted by atomic mass is 10.1. The molecule has 0 amide bonds. The van der Waals surface area contributed by atoms with E-state index < -0.39 is 0 Å². The Morgan fingerprint density at radius 3 is 2.24 bits per heavy atom. The topological polar surface area (TPSA) is 77.8 Å². The average molecular weight is 458 g/mol. The van der Waals surface area contributed by atoms with Crippen molar-refractivity contribution in [1.29, 1.82) is 0 Å². The quantitative estimate of drug-likeness (QED) is 0.291. The highest BCUT2D eigenvalue weighted by molar-refractivity contribution is 6.03. The number of nitrogens with one attached hydrogen (secondary N) is 1. The molecule has 4 rings (SSSR count). The van der Waals surface area contributed by atoms with E-state index in [9.17, 15) is 4.79 Å². The maximum Gasteiger partial charge on any atom is 0.280 e. The first-order valence-corrected chi connectivity index (χ1v) is 10.9. The van der Waals surface area contributed by atoms with Crippen molar-refractivity contribution in [2.24, 2.45) is 4.99 Å². The van der Waals surface area contributed by atoms with Crippen LogP contribution in [-0.2, 0) is 0 Å². The lowest BCUT2D eigenvalue weighted by Gasteiger charge is -2.09. The number of nitrogens with zero attached hydrogens (tertiary/aromatic N) is 2. The fraction of sp³-hybridized carbons (Fsp3) is 0.185. The van der Waals surface area contributed by atoms with Crippen LogP contribution in [0.5, 0.6) is 17.2 Å². The van der Waals surface area contributed by atoms with Gasteiger partial charge in [-0.05, 0) is 55.5 Å². The minimum Gasteiger partial charge on any atom is -0.497 e. The van der Waals surface area contributed by atoms with Crippen LogP contribution in [0.2, 0.25) is 0 Å². The minimum absolute atomic E-state index is 0.163. The fourth-order valence-electron chi connectivity index (χ4n) is 3.68. The van der Waals surface area contributed by atoms with Gasteiger partial charge >= 0.3 is 0 Å². The number of aliphatic imine (C=N–C) groups is 1. The Hall–Kier alpha value is -4.26. The molecule has 0 radical (unpaired) electrons. The molecule has 34 heavy (non-hydrogen) atoms. The van der Waals surface area contributed by atoms with E-state index >= 15 is 0 Å². The third-order valence-corrected chi connectivity index (χ3v) is 5.41. The van der Waals surface area contributed by atoms with Crippen molar-refractivity contribution in [2.45, 2.75) is 6.92 Å². The molecule has 4 aromatic rings. The van der Waals surface area contributed by atoms with E-state index in [1.165, 1.54) is 0 Å². The molecule has 0 spiro atoms. The Balaban J connectivity index is 1.64. The monoisotopic (exact) mass is 457 g/mol. The standard InChI is InChI=1S/C27H27N3O4/c1-19(28-17-18-34-24-12-8-7-11-23(24)33-3)25-26(20-13-15-22(32-2)16-14-20)29-30(27(25)31)21-9-5-4-6-10-21/h4-16,29H,17-18H2,1-3H3. The average Bonchev–Trinajstić information content (AvgIpc) is 3.24. The number of ether oxygens (including phenoxy) is 3. The van der Waals surface area contributed by atoms with E-state index in [4.69, 9.17) is 14.2 Å². The molecule has 0 atom stereocenters. The Bertz CT molecular complexity index is 1320. The zero-order valence-corrected chi connectivity index (χ0v) is 19.4. The summed E-state index contributed by atoms with van der Waals surface area (Å²) in [7, 11) is 3.23. The molecule has 0 aliphatic heterocycles. The Morgan fingerprint density at radius 1 is 0.882 bits per heavy atom. The molecule has 0 aliphatic carbocycles. The summed E-state index contributed by atoms with van der Waals surface area (Å²) in [6.45, 7) is 2.59. The van der Waals surface area contributed by atoms with Gasteiger partial charge in [0.15, 0.2) is 11.5 Å². The molecule has 7 nitrogen and oxygen atoms in total. The molecule has 0 fully saturated rings. The van der Waals surface area contributed by atoms with Gasteiger partial charge in [-0.25, -0.2) is 4.68 Å². The number of aromatic nitrogens is 2. The smallest absolute Gasteiger partial charge is 0.280 e. The minimum atomic E-state index is -0.163. The molecule has 0 unspecified atom stereocenters. The maximum atomic E-state index is 13.4. The van der Waals surface area contributed by atoms with E-state index in [1.807, 2.05) is 85.8 Å². The third kappa shape index (κ3) is 4.88. The zero-order chi connectivity index (χ0) is 23.9. The Labute approximate surface area is 198 Å². The number of para-hydroxylation sites is 3. The molecule has 0 saturated carbocycles. The van der Waals surface area contributed by atoms with Crippen molar-refractivity contribution in [1.82, 2.24) is 9.78 Å². The number of methoxy groups -OCH3 is 2. The fourth-order valence-corrected chi connectivity index (χ4v) is 3.68. The molecule has 1 heterocycles. The van der Waals surface area contributed by atoms with Crippen molar-refractivity contribution >= 4 is 5.71 Å². The van der Waals surface area contributed by atoms with Crippen LogP contribution in [0.4, 0.5) is 0 Å². The van der Waals surface area contributed by atoms with Crippen LogP contribution >= 0.6 is 0 Å². The maximum absolute atomic E-state index is 13.4. The van der Waals surface area contributed by atoms with Crippen LogP contribution in [0.1, 0.15) is 12.5 Å². The summed E-state index contributed by atoms with van der Waals surface area (Å²) in [4.78, 5) is 18.1. The highest BCUT2D eigenvalue weighted by atomic mass is 16.5. The summed E-state index contributed by atoms with van der Waals surface area (Å²) in [5.41, 5.74) is 3.30. The van der Waals surface area contributed by atoms with Gasteiger partial charge in [-0.2, -0.15) is 0 Å². The largest absolute Gasteiger partial charge is 0.497 e. The second-order valence-electron chi connectivity index (χ2n) is 7.53. The second kappa shape index (κ2) is 10.6. The van der Waals surface area contributed by atoms with Crippen LogP contribution in [0.3, 0.4) is 0 Å². The summed E-state index contributed by atoms with van der Waals surface area (Å²) < 4.78 is 18.0. The van der Waals surface area contributed by atoms with Crippen molar-refractivity contribution in [3.05, 3.63) is 94.8 Å². The Kier molecular flexibility index (Phi) is 7.13. The third-order valence-electron chi connectivity index (χ3n) is 5.41. The van der Waals surface area contributed by atoms with E-state index in [-0.39, 0.29) is 5.56 Å². The lowest BCUT2D eigenvalue weighted by molar-refractivity contribution is 0.303. The predicted molar refractivity (Wildman–Crippen MR) is 134 cm³/mol. The number of aromatic amines is 1. The first-order chi connectivity index (χ1) is 16.6. The molecule has 0 saturated heterocycles. The number of rotatable bonds is 9. The molecule has 3 aromatic carbocycles. The number of H-pyrrole nitrogens is 1. The number of benzene rings is 3. The molecule has 1 aromatic heterocycles. The van der Waals surface area contributed by atoms with Gasteiger partial charge in [0.25, 0.3) is 5.56 Å². The van der Waals surface area contributed by atoms with Crippen LogP contribution in [0.15, 0.2) is 88.6 Å². The van der Waals surface area contributed by atoms with E-state index in [0.717, 1.165) is 17.0 Å². The van der Waals surface area contributed by atoms with Gasteiger partial charge in [-0.1, -0.05) is 30.3 Å². The molecular formula is C27H27N3O4. The molecular weight excluding hydrogens is 430 g/mol. The SMILES string of the molecule is COc1ccc(-c2[nH]n(-c3ccccc3)c(=O)c2C(C)=NCCOc2ccccc2OC)cc1. The summed E-state index contributed by atoms with van der Waals surface area (Å²) >= 11 is 0. The predicted octanol–water partition coefficient (Wildman–Crippen LogP) is 4.74. The summed E-state index contributed by atoms with van der Waals surface area (Å²) in [5.74, 6) is 2.07.